The summed E-state index contributed by atoms with van der Waals surface area (Å²) < 4.78 is 0. The Labute approximate surface area is 115 Å². The minimum absolute atomic E-state index is 0.190. The standard InChI is InChI=1S/C15H23N3O/c1-3-18(14-6-4-5-13(2)11-14)15(19)12-17-9-7-16-8-10-17/h4-6,11,16H,3,7-10,12H2,1-2H3. The fourth-order valence-corrected chi connectivity index (χ4v) is 2.44. The van der Waals surface area contributed by atoms with E-state index >= 15 is 0 Å². The highest BCUT2D eigenvalue weighted by Gasteiger charge is 2.18. The van der Waals surface area contributed by atoms with Gasteiger partial charge in [-0.2, -0.15) is 0 Å². The largest absolute Gasteiger partial charge is 0.314 e. The number of benzene rings is 1. The maximum atomic E-state index is 12.4. The summed E-state index contributed by atoms with van der Waals surface area (Å²) in [6.07, 6.45) is 0. The molecule has 0 radical (unpaired) electrons. The van der Waals surface area contributed by atoms with Crippen molar-refractivity contribution in [3.63, 3.8) is 0 Å². The molecule has 2 rings (SSSR count). The Balaban J connectivity index is 2.02. The van der Waals surface area contributed by atoms with Gasteiger partial charge in [0.05, 0.1) is 6.54 Å². The number of hydrogen-bond acceptors (Lipinski definition) is 3. The summed E-state index contributed by atoms with van der Waals surface area (Å²) in [5.74, 6) is 0.190. The molecule has 1 fully saturated rings. The van der Waals surface area contributed by atoms with Crippen LogP contribution in [-0.2, 0) is 4.79 Å². The quantitative estimate of drug-likeness (QED) is 0.886. The highest BCUT2D eigenvalue weighted by Crippen LogP contribution is 2.16. The van der Waals surface area contributed by atoms with Gasteiger partial charge in [0.15, 0.2) is 0 Å². The summed E-state index contributed by atoms with van der Waals surface area (Å²) in [5.41, 5.74) is 2.19. The molecule has 1 aliphatic heterocycles. The van der Waals surface area contributed by atoms with Crippen LogP contribution in [0.2, 0.25) is 0 Å². The molecule has 0 unspecified atom stereocenters. The van der Waals surface area contributed by atoms with E-state index in [0.717, 1.165) is 31.9 Å². The van der Waals surface area contributed by atoms with Crippen LogP contribution in [0, 0.1) is 6.92 Å². The van der Waals surface area contributed by atoms with Crippen LogP contribution in [0.3, 0.4) is 0 Å². The molecule has 0 aromatic heterocycles. The molecule has 1 heterocycles. The number of piperazine rings is 1. The molecule has 1 saturated heterocycles. The van der Waals surface area contributed by atoms with Gasteiger partial charge in [-0.3, -0.25) is 9.69 Å². The Hall–Kier alpha value is -1.39. The molecule has 1 aliphatic rings. The third kappa shape index (κ3) is 3.78. The van der Waals surface area contributed by atoms with Crippen LogP contribution in [0.15, 0.2) is 24.3 Å². The molecular weight excluding hydrogens is 238 g/mol. The molecule has 1 amide bonds. The molecule has 0 bridgehead atoms. The van der Waals surface area contributed by atoms with Gasteiger partial charge < -0.3 is 10.2 Å². The predicted octanol–water partition coefficient (Wildman–Crippen LogP) is 1.25. The average Bonchev–Trinajstić information content (AvgIpc) is 2.41. The second-order valence-corrected chi connectivity index (χ2v) is 5.00. The van der Waals surface area contributed by atoms with Crippen LogP contribution < -0.4 is 10.2 Å². The van der Waals surface area contributed by atoms with Gasteiger partial charge in [-0.15, -0.1) is 0 Å². The predicted molar refractivity (Wildman–Crippen MR) is 78.5 cm³/mol. The number of carbonyl (C=O) groups excluding carboxylic acids is 1. The monoisotopic (exact) mass is 261 g/mol. The maximum absolute atomic E-state index is 12.4. The van der Waals surface area contributed by atoms with Gasteiger partial charge in [-0.1, -0.05) is 12.1 Å². The number of anilines is 1. The minimum atomic E-state index is 0.190. The lowest BCUT2D eigenvalue weighted by molar-refractivity contribution is -0.119. The highest BCUT2D eigenvalue weighted by atomic mass is 16.2. The van der Waals surface area contributed by atoms with Crippen LogP contribution in [-0.4, -0.2) is 50.1 Å². The number of nitrogens with one attached hydrogen (secondary N) is 1. The maximum Gasteiger partial charge on any atom is 0.241 e. The lowest BCUT2D eigenvalue weighted by atomic mass is 10.2. The zero-order chi connectivity index (χ0) is 13.7. The number of amides is 1. The van der Waals surface area contributed by atoms with Crippen molar-refractivity contribution >= 4 is 11.6 Å². The Morgan fingerprint density at radius 2 is 2.11 bits per heavy atom. The zero-order valence-electron chi connectivity index (χ0n) is 11.9. The van der Waals surface area contributed by atoms with Crippen LogP contribution in [0.4, 0.5) is 5.69 Å². The molecule has 0 saturated carbocycles. The first-order valence-electron chi connectivity index (χ1n) is 7.01. The average molecular weight is 261 g/mol. The summed E-state index contributed by atoms with van der Waals surface area (Å²) in [5, 5.41) is 3.30. The number of likely N-dealkylation sites (N-methyl/N-ethyl adjacent to an activating group) is 1. The normalized spacial score (nSPS) is 16.3. The van der Waals surface area contributed by atoms with Crippen LogP contribution in [0.1, 0.15) is 12.5 Å². The zero-order valence-corrected chi connectivity index (χ0v) is 11.9. The third-order valence-corrected chi connectivity index (χ3v) is 3.50. The fraction of sp³-hybridized carbons (Fsp3) is 0.533. The molecule has 0 spiro atoms. The van der Waals surface area contributed by atoms with Crippen molar-refractivity contribution < 1.29 is 4.79 Å². The van der Waals surface area contributed by atoms with Crippen molar-refractivity contribution in [3.8, 4) is 0 Å². The van der Waals surface area contributed by atoms with Gasteiger partial charge in [0.1, 0.15) is 0 Å². The lowest BCUT2D eigenvalue weighted by Gasteiger charge is -2.29. The highest BCUT2D eigenvalue weighted by molar-refractivity contribution is 5.94. The van der Waals surface area contributed by atoms with E-state index < -0.39 is 0 Å². The van der Waals surface area contributed by atoms with E-state index in [4.69, 9.17) is 0 Å². The molecule has 19 heavy (non-hydrogen) atoms. The van der Waals surface area contributed by atoms with Crippen molar-refractivity contribution in [1.29, 1.82) is 0 Å². The summed E-state index contributed by atoms with van der Waals surface area (Å²) in [6, 6.07) is 8.13. The van der Waals surface area contributed by atoms with E-state index in [-0.39, 0.29) is 5.91 Å². The van der Waals surface area contributed by atoms with Crippen LogP contribution in [0.25, 0.3) is 0 Å². The Bertz CT molecular complexity index is 427. The van der Waals surface area contributed by atoms with Gasteiger partial charge in [0, 0.05) is 38.4 Å². The first-order chi connectivity index (χ1) is 9.20. The second-order valence-electron chi connectivity index (χ2n) is 5.00. The van der Waals surface area contributed by atoms with Gasteiger partial charge >= 0.3 is 0 Å². The molecule has 0 aliphatic carbocycles. The first kappa shape index (κ1) is 14.0. The second kappa shape index (κ2) is 6.68. The fourth-order valence-electron chi connectivity index (χ4n) is 2.44. The Kier molecular flexibility index (Phi) is 4.93. The SMILES string of the molecule is CCN(C(=O)CN1CCNCC1)c1cccc(C)c1. The summed E-state index contributed by atoms with van der Waals surface area (Å²) in [6.45, 7) is 9.18. The van der Waals surface area contributed by atoms with E-state index in [1.807, 2.05) is 24.0 Å². The van der Waals surface area contributed by atoms with Gasteiger partial charge in [0.2, 0.25) is 5.91 Å². The van der Waals surface area contributed by atoms with Gasteiger partial charge in [-0.25, -0.2) is 0 Å². The van der Waals surface area contributed by atoms with E-state index in [2.05, 4.69) is 29.3 Å². The van der Waals surface area contributed by atoms with E-state index in [9.17, 15) is 4.79 Å². The lowest BCUT2D eigenvalue weighted by Crippen LogP contribution is -2.48. The topological polar surface area (TPSA) is 35.6 Å². The van der Waals surface area contributed by atoms with Crippen molar-refractivity contribution in [2.24, 2.45) is 0 Å². The van der Waals surface area contributed by atoms with Crippen molar-refractivity contribution in [2.75, 3.05) is 44.2 Å². The van der Waals surface area contributed by atoms with Crippen LogP contribution in [0.5, 0.6) is 0 Å². The van der Waals surface area contributed by atoms with Crippen molar-refractivity contribution in [2.45, 2.75) is 13.8 Å². The number of hydrogen-bond donors (Lipinski definition) is 1. The molecule has 1 aromatic carbocycles. The van der Waals surface area contributed by atoms with E-state index in [1.54, 1.807) is 0 Å². The molecule has 1 N–H and O–H groups in total. The number of rotatable bonds is 4. The Morgan fingerprint density at radius 1 is 1.37 bits per heavy atom. The summed E-state index contributed by atoms with van der Waals surface area (Å²) in [4.78, 5) is 16.5. The summed E-state index contributed by atoms with van der Waals surface area (Å²) >= 11 is 0. The summed E-state index contributed by atoms with van der Waals surface area (Å²) in [7, 11) is 0. The molecule has 4 nitrogen and oxygen atoms in total. The molecule has 0 atom stereocenters. The molecule has 104 valence electrons. The van der Waals surface area contributed by atoms with Crippen molar-refractivity contribution in [3.05, 3.63) is 29.8 Å². The molecular formula is C15H23N3O. The van der Waals surface area contributed by atoms with Crippen LogP contribution >= 0.6 is 0 Å². The number of carbonyl (C=O) groups is 1. The number of nitrogens with zero attached hydrogens (tertiary/aromatic N) is 2. The van der Waals surface area contributed by atoms with E-state index in [0.29, 0.717) is 13.1 Å². The van der Waals surface area contributed by atoms with Gasteiger partial charge in [0.25, 0.3) is 0 Å². The Morgan fingerprint density at radius 3 is 2.74 bits per heavy atom. The van der Waals surface area contributed by atoms with Crippen molar-refractivity contribution in [1.82, 2.24) is 10.2 Å². The smallest absolute Gasteiger partial charge is 0.241 e. The first-order valence-corrected chi connectivity index (χ1v) is 7.01. The van der Waals surface area contributed by atoms with Gasteiger partial charge in [-0.05, 0) is 31.5 Å². The molecule has 4 heteroatoms. The number of aryl methyl sites for hydroxylation is 1. The third-order valence-electron chi connectivity index (χ3n) is 3.50. The minimum Gasteiger partial charge on any atom is -0.314 e. The molecule has 1 aromatic rings. The van der Waals surface area contributed by atoms with E-state index in [1.165, 1.54) is 5.56 Å².